The number of rotatable bonds is 7. The molecule has 0 atom stereocenters. The van der Waals surface area contributed by atoms with Crippen LogP contribution in [0.3, 0.4) is 0 Å². The second-order valence-electron chi connectivity index (χ2n) is 7.63. The van der Waals surface area contributed by atoms with Gasteiger partial charge in [-0.3, -0.25) is 9.52 Å². The Morgan fingerprint density at radius 1 is 1.08 bits per heavy atom. The number of hydrogen-bond acceptors (Lipinski definition) is 6. The average molecular weight is 538 g/mol. The van der Waals surface area contributed by atoms with Gasteiger partial charge in [-0.15, -0.1) is 6.42 Å². The van der Waals surface area contributed by atoms with Gasteiger partial charge < -0.3 is 9.30 Å². The first kappa shape index (κ1) is 25.8. The first-order chi connectivity index (χ1) is 17.7. The number of esters is 1. The van der Waals surface area contributed by atoms with Crippen molar-refractivity contribution in [3.05, 3.63) is 88.5 Å². The van der Waals surface area contributed by atoms with Gasteiger partial charge in [-0.2, -0.15) is 4.99 Å². The maximum absolute atomic E-state index is 13.1. The summed E-state index contributed by atoms with van der Waals surface area (Å²) >= 11 is 1.20. The number of halogens is 1. The Balaban J connectivity index is 1.61. The number of fused-ring (bicyclic) bond motifs is 1. The minimum absolute atomic E-state index is 0.0991. The number of benzene rings is 3. The van der Waals surface area contributed by atoms with Crippen molar-refractivity contribution in [3.8, 4) is 12.3 Å². The normalized spacial score (nSPS) is 11.8. The van der Waals surface area contributed by atoms with Crippen molar-refractivity contribution >= 4 is 49.1 Å². The van der Waals surface area contributed by atoms with Gasteiger partial charge in [0.2, 0.25) is 0 Å². The van der Waals surface area contributed by atoms with E-state index in [1.165, 1.54) is 35.6 Å². The number of ether oxygens (including phenoxy) is 1. The number of carbonyl (C=O) groups excluding carboxylic acids is 2. The highest BCUT2D eigenvalue weighted by molar-refractivity contribution is 7.92. The van der Waals surface area contributed by atoms with Crippen molar-refractivity contribution in [2.45, 2.75) is 18.4 Å². The van der Waals surface area contributed by atoms with E-state index in [1.807, 2.05) is 0 Å². The highest BCUT2D eigenvalue weighted by atomic mass is 32.2. The third kappa shape index (κ3) is 5.77. The van der Waals surface area contributed by atoms with Crippen LogP contribution >= 0.6 is 11.3 Å². The average Bonchev–Trinajstić information content (AvgIpc) is 3.21. The molecule has 3 aromatic carbocycles. The van der Waals surface area contributed by atoms with Crippen LogP contribution in [0.1, 0.15) is 27.6 Å². The second-order valence-corrected chi connectivity index (χ2v) is 10.3. The molecule has 0 saturated heterocycles. The maximum Gasteiger partial charge on any atom is 0.338 e. The minimum atomic E-state index is -3.93. The van der Waals surface area contributed by atoms with Crippen molar-refractivity contribution in [2.75, 3.05) is 11.3 Å². The molecule has 0 aliphatic rings. The lowest BCUT2D eigenvalue weighted by Gasteiger charge is -2.08. The molecule has 4 aromatic rings. The van der Waals surface area contributed by atoms with Gasteiger partial charge in [0.15, 0.2) is 4.80 Å². The molecule has 0 aliphatic heterocycles. The van der Waals surface area contributed by atoms with Gasteiger partial charge in [0.25, 0.3) is 15.9 Å². The molecule has 1 N–H and O–H groups in total. The number of nitrogens with one attached hydrogen (secondary N) is 1. The zero-order chi connectivity index (χ0) is 26.6. The first-order valence-corrected chi connectivity index (χ1v) is 13.2. The van der Waals surface area contributed by atoms with E-state index in [2.05, 4.69) is 15.6 Å². The van der Waals surface area contributed by atoms with Gasteiger partial charge in [-0.1, -0.05) is 17.3 Å². The van der Waals surface area contributed by atoms with Gasteiger partial charge in [0.05, 0.1) is 33.8 Å². The zero-order valence-corrected chi connectivity index (χ0v) is 21.1. The van der Waals surface area contributed by atoms with Gasteiger partial charge in [-0.25, -0.2) is 17.6 Å². The van der Waals surface area contributed by atoms with Gasteiger partial charge in [-0.05, 0) is 73.7 Å². The van der Waals surface area contributed by atoms with E-state index in [1.54, 1.807) is 29.7 Å². The predicted octanol–water partition coefficient (Wildman–Crippen LogP) is 4.19. The Morgan fingerprint density at radius 3 is 2.41 bits per heavy atom. The number of hydrogen-bond donors (Lipinski definition) is 1. The van der Waals surface area contributed by atoms with Crippen molar-refractivity contribution in [2.24, 2.45) is 4.99 Å². The van der Waals surface area contributed by atoms with E-state index in [0.29, 0.717) is 20.6 Å². The molecule has 188 valence electrons. The molecule has 0 saturated carbocycles. The molecule has 1 heterocycles. The summed E-state index contributed by atoms with van der Waals surface area (Å²) in [5, 5.41) is 0. The molecule has 0 spiro atoms. The van der Waals surface area contributed by atoms with Crippen molar-refractivity contribution in [1.29, 1.82) is 0 Å². The number of amides is 1. The number of anilines is 1. The standard InChI is InChI=1S/C26H20FN3O5S2/c1-3-15-30-22-14-7-18(25(32)35-4-2)16-23(22)36-26(30)28-24(31)17-5-10-20(11-6-17)29-37(33,34)21-12-8-19(27)9-13-21/h1,5-14,16,29H,4,15H2,2H3. The van der Waals surface area contributed by atoms with Crippen LogP contribution in [0.15, 0.2) is 76.6 Å². The number of aromatic nitrogens is 1. The van der Waals surface area contributed by atoms with Crippen LogP contribution in [0.5, 0.6) is 0 Å². The number of nitrogens with zero attached hydrogens (tertiary/aromatic N) is 2. The highest BCUT2D eigenvalue weighted by Crippen LogP contribution is 2.21. The molecule has 11 heteroatoms. The van der Waals surface area contributed by atoms with Crippen molar-refractivity contribution < 1.29 is 27.1 Å². The quantitative estimate of drug-likeness (QED) is 0.281. The first-order valence-electron chi connectivity index (χ1n) is 10.9. The van der Waals surface area contributed by atoms with Crippen LogP contribution in [0.25, 0.3) is 10.2 Å². The summed E-state index contributed by atoms with van der Waals surface area (Å²) in [6.07, 6.45) is 5.51. The van der Waals surface area contributed by atoms with Gasteiger partial charge >= 0.3 is 5.97 Å². The molecule has 8 nitrogen and oxygen atoms in total. The summed E-state index contributed by atoms with van der Waals surface area (Å²) in [4.78, 5) is 29.4. The van der Waals surface area contributed by atoms with Crippen molar-refractivity contribution in [3.63, 3.8) is 0 Å². The summed E-state index contributed by atoms with van der Waals surface area (Å²) in [5.41, 5.74) is 1.53. The molecule has 0 radical (unpaired) electrons. The minimum Gasteiger partial charge on any atom is -0.462 e. The van der Waals surface area contributed by atoms with Crippen LogP contribution in [0.4, 0.5) is 10.1 Å². The smallest absolute Gasteiger partial charge is 0.338 e. The monoisotopic (exact) mass is 537 g/mol. The third-order valence-electron chi connectivity index (χ3n) is 5.15. The van der Waals surface area contributed by atoms with E-state index in [-0.39, 0.29) is 29.3 Å². The second kappa shape index (κ2) is 10.8. The molecule has 0 unspecified atom stereocenters. The Kier molecular flexibility index (Phi) is 7.52. The SMILES string of the molecule is C#CCn1c(=NC(=O)c2ccc(NS(=O)(=O)c3ccc(F)cc3)cc2)sc2cc(C(=O)OCC)ccc21. The lowest BCUT2D eigenvalue weighted by atomic mass is 10.2. The van der Waals surface area contributed by atoms with Crippen LogP contribution in [0.2, 0.25) is 0 Å². The molecular weight excluding hydrogens is 517 g/mol. The fraction of sp³-hybridized carbons (Fsp3) is 0.115. The predicted molar refractivity (Wildman–Crippen MR) is 138 cm³/mol. The van der Waals surface area contributed by atoms with Gasteiger partial charge in [0.1, 0.15) is 5.82 Å². The molecule has 1 amide bonds. The van der Waals surface area contributed by atoms with Crippen LogP contribution in [-0.4, -0.2) is 31.5 Å². The third-order valence-corrected chi connectivity index (χ3v) is 7.59. The molecule has 1 aromatic heterocycles. The molecule has 4 rings (SSSR count). The molecule has 37 heavy (non-hydrogen) atoms. The Labute approximate surface area is 216 Å². The molecule has 0 bridgehead atoms. The lowest BCUT2D eigenvalue weighted by Crippen LogP contribution is -2.16. The Bertz CT molecular complexity index is 1700. The summed E-state index contributed by atoms with van der Waals surface area (Å²) in [5.74, 6) is 0.979. The number of sulfonamides is 1. The fourth-order valence-electron chi connectivity index (χ4n) is 3.40. The Hall–Kier alpha value is -4.27. The lowest BCUT2D eigenvalue weighted by molar-refractivity contribution is 0.0526. The van der Waals surface area contributed by atoms with Gasteiger partial charge in [0, 0.05) is 11.3 Å². The van der Waals surface area contributed by atoms with E-state index in [4.69, 9.17) is 11.2 Å². The van der Waals surface area contributed by atoms with Crippen molar-refractivity contribution in [1.82, 2.24) is 4.57 Å². The van der Waals surface area contributed by atoms with E-state index < -0.39 is 27.7 Å². The Morgan fingerprint density at radius 2 is 1.76 bits per heavy atom. The zero-order valence-electron chi connectivity index (χ0n) is 19.5. The number of carbonyl (C=O) groups is 2. The molecule has 0 fully saturated rings. The van der Waals surface area contributed by atoms with E-state index in [9.17, 15) is 22.4 Å². The van der Waals surface area contributed by atoms with Crippen LogP contribution in [0, 0.1) is 18.2 Å². The summed E-state index contributed by atoms with van der Waals surface area (Å²) in [6, 6.07) is 15.1. The fourth-order valence-corrected chi connectivity index (χ4v) is 5.53. The van der Waals surface area contributed by atoms with Crippen LogP contribution < -0.4 is 9.52 Å². The summed E-state index contributed by atoms with van der Waals surface area (Å²) in [7, 11) is -3.93. The number of terminal acetylenes is 1. The highest BCUT2D eigenvalue weighted by Gasteiger charge is 2.16. The maximum atomic E-state index is 13.1. The topological polar surface area (TPSA) is 107 Å². The molecule has 0 aliphatic carbocycles. The van der Waals surface area contributed by atoms with E-state index >= 15 is 0 Å². The largest absolute Gasteiger partial charge is 0.462 e. The number of thiazole rings is 1. The van der Waals surface area contributed by atoms with Crippen LogP contribution in [-0.2, 0) is 21.3 Å². The molecular formula is C26H20FN3O5S2. The summed E-state index contributed by atoms with van der Waals surface area (Å²) in [6.45, 7) is 2.13. The summed E-state index contributed by atoms with van der Waals surface area (Å²) < 4.78 is 47.9. The van der Waals surface area contributed by atoms with E-state index in [0.717, 1.165) is 24.3 Å².